The van der Waals surface area contributed by atoms with E-state index in [0.29, 0.717) is 17.4 Å². The first-order valence-corrected chi connectivity index (χ1v) is 11.0. The molecule has 7 nitrogen and oxygen atoms in total. The molecular weight excluding hydrogens is 451 g/mol. The Kier molecular flexibility index (Phi) is 7.80. The van der Waals surface area contributed by atoms with Crippen molar-refractivity contribution in [1.82, 2.24) is 25.5 Å². The number of benzene rings is 2. The summed E-state index contributed by atoms with van der Waals surface area (Å²) >= 11 is 2.78. The first-order chi connectivity index (χ1) is 14.8. The molecule has 0 fully saturated rings. The second-order valence-corrected chi connectivity index (χ2v) is 8.33. The Balaban J connectivity index is 1.45. The number of rotatable bonds is 9. The van der Waals surface area contributed by atoms with Crippen LogP contribution in [0.15, 0.2) is 58.6 Å². The zero-order valence-electron chi connectivity index (χ0n) is 16.3. The topological polar surface area (TPSA) is 81.9 Å². The van der Waals surface area contributed by atoms with Gasteiger partial charge in [0.2, 0.25) is 11.1 Å². The standard InChI is InChI=1S/C19H18F3N5O2S2/c1-13-2-8-16(9-3-13)30-11-10-23-17(28)12-31-18-24-25-26-27(18)14-4-6-15(7-5-14)29-19(20,21)22/h2-9H,10-12H2,1H3,(H,23,28). The van der Waals surface area contributed by atoms with Crippen molar-refractivity contribution >= 4 is 29.4 Å². The number of carbonyl (C=O) groups is 1. The average Bonchev–Trinajstić information content (AvgIpc) is 3.19. The van der Waals surface area contributed by atoms with Crippen molar-refractivity contribution in [1.29, 1.82) is 0 Å². The summed E-state index contributed by atoms with van der Waals surface area (Å²) < 4.78 is 42.0. The summed E-state index contributed by atoms with van der Waals surface area (Å²) in [5.41, 5.74) is 1.64. The third-order valence-electron chi connectivity index (χ3n) is 3.80. The number of halogens is 3. The average molecular weight is 470 g/mol. The van der Waals surface area contributed by atoms with Crippen molar-refractivity contribution in [2.24, 2.45) is 0 Å². The highest BCUT2D eigenvalue weighted by molar-refractivity contribution is 7.99. The van der Waals surface area contributed by atoms with Crippen LogP contribution in [-0.2, 0) is 4.79 Å². The van der Waals surface area contributed by atoms with Gasteiger partial charge in [0.05, 0.1) is 11.4 Å². The molecule has 0 saturated heterocycles. The smallest absolute Gasteiger partial charge is 0.406 e. The van der Waals surface area contributed by atoms with Gasteiger partial charge in [-0.3, -0.25) is 4.79 Å². The number of hydrogen-bond donors (Lipinski definition) is 1. The third-order valence-corrected chi connectivity index (χ3v) is 5.74. The maximum absolute atomic E-state index is 12.3. The van der Waals surface area contributed by atoms with Crippen LogP contribution in [0.5, 0.6) is 5.75 Å². The van der Waals surface area contributed by atoms with Gasteiger partial charge in [-0.05, 0) is 53.7 Å². The molecule has 0 aliphatic carbocycles. The molecule has 0 unspecified atom stereocenters. The van der Waals surface area contributed by atoms with Gasteiger partial charge in [-0.1, -0.05) is 29.5 Å². The molecule has 0 aliphatic rings. The van der Waals surface area contributed by atoms with Crippen LogP contribution in [-0.4, -0.2) is 50.5 Å². The van der Waals surface area contributed by atoms with E-state index in [1.54, 1.807) is 11.8 Å². The van der Waals surface area contributed by atoms with Crippen molar-refractivity contribution in [2.75, 3.05) is 18.1 Å². The molecule has 0 spiro atoms. The van der Waals surface area contributed by atoms with Crippen molar-refractivity contribution in [3.63, 3.8) is 0 Å². The second-order valence-electron chi connectivity index (χ2n) is 6.22. The highest BCUT2D eigenvalue weighted by Gasteiger charge is 2.31. The molecule has 0 bridgehead atoms. The van der Waals surface area contributed by atoms with E-state index >= 15 is 0 Å². The Hall–Kier alpha value is -2.73. The van der Waals surface area contributed by atoms with E-state index in [2.05, 4.69) is 25.6 Å². The van der Waals surface area contributed by atoms with Crippen molar-refractivity contribution in [2.45, 2.75) is 23.3 Å². The zero-order chi connectivity index (χ0) is 22.3. The zero-order valence-corrected chi connectivity index (χ0v) is 17.9. The molecule has 12 heteroatoms. The van der Waals surface area contributed by atoms with Crippen LogP contribution in [0.4, 0.5) is 13.2 Å². The Bertz CT molecular complexity index is 995. The van der Waals surface area contributed by atoms with Crippen molar-refractivity contribution in [3.8, 4) is 11.4 Å². The van der Waals surface area contributed by atoms with Crippen LogP contribution < -0.4 is 10.1 Å². The molecule has 3 rings (SSSR count). The second kappa shape index (κ2) is 10.5. The minimum absolute atomic E-state index is 0.102. The van der Waals surface area contributed by atoms with Crippen LogP contribution >= 0.6 is 23.5 Å². The number of nitrogens with zero attached hydrogens (tertiary/aromatic N) is 4. The van der Waals surface area contributed by atoms with Crippen LogP contribution in [0.1, 0.15) is 5.56 Å². The van der Waals surface area contributed by atoms with Crippen molar-refractivity contribution in [3.05, 3.63) is 54.1 Å². The number of aromatic nitrogens is 4. The molecule has 31 heavy (non-hydrogen) atoms. The van der Waals surface area contributed by atoms with E-state index in [0.717, 1.165) is 34.5 Å². The quantitative estimate of drug-likeness (QED) is 0.376. The number of ether oxygens (including phenoxy) is 1. The third kappa shape index (κ3) is 7.47. The van der Waals surface area contributed by atoms with E-state index in [1.165, 1.54) is 22.4 Å². The highest BCUT2D eigenvalue weighted by atomic mass is 32.2. The Morgan fingerprint density at radius 1 is 1.10 bits per heavy atom. The van der Waals surface area contributed by atoms with Gasteiger partial charge in [0.15, 0.2) is 0 Å². The molecule has 1 heterocycles. The fraction of sp³-hybridized carbons (Fsp3) is 0.263. The maximum Gasteiger partial charge on any atom is 0.573 e. The van der Waals surface area contributed by atoms with Gasteiger partial charge in [0.25, 0.3) is 0 Å². The van der Waals surface area contributed by atoms with Gasteiger partial charge in [0, 0.05) is 17.2 Å². The molecular formula is C19H18F3N5O2S2. The summed E-state index contributed by atoms with van der Waals surface area (Å²) in [6.45, 7) is 2.55. The lowest BCUT2D eigenvalue weighted by Crippen LogP contribution is -2.27. The molecule has 0 atom stereocenters. The lowest BCUT2D eigenvalue weighted by molar-refractivity contribution is -0.274. The van der Waals surface area contributed by atoms with Crippen LogP contribution in [0.3, 0.4) is 0 Å². The van der Waals surface area contributed by atoms with Gasteiger partial charge in [0.1, 0.15) is 5.75 Å². The minimum Gasteiger partial charge on any atom is -0.406 e. The number of nitrogens with one attached hydrogen (secondary N) is 1. The number of amides is 1. The van der Waals surface area contributed by atoms with Crippen molar-refractivity contribution < 1.29 is 22.7 Å². The fourth-order valence-corrected chi connectivity index (χ4v) is 3.88. The molecule has 0 aliphatic heterocycles. The summed E-state index contributed by atoms with van der Waals surface area (Å²) in [4.78, 5) is 13.2. The van der Waals surface area contributed by atoms with Gasteiger partial charge in [-0.15, -0.1) is 30.0 Å². The van der Waals surface area contributed by atoms with E-state index in [4.69, 9.17) is 0 Å². The van der Waals surface area contributed by atoms with Crippen LogP contribution in [0, 0.1) is 6.92 Å². The van der Waals surface area contributed by atoms with E-state index in [9.17, 15) is 18.0 Å². The number of alkyl halides is 3. The lowest BCUT2D eigenvalue weighted by atomic mass is 10.2. The SMILES string of the molecule is Cc1ccc(SCCNC(=O)CSc2nnnn2-c2ccc(OC(F)(F)F)cc2)cc1. The normalized spacial score (nSPS) is 11.4. The predicted molar refractivity (Wildman–Crippen MR) is 111 cm³/mol. The Morgan fingerprint density at radius 2 is 1.81 bits per heavy atom. The molecule has 3 aromatic rings. The number of hydrogen-bond acceptors (Lipinski definition) is 7. The summed E-state index contributed by atoms with van der Waals surface area (Å²) in [6.07, 6.45) is -4.76. The molecule has 1 amide bonds. The highest BCUT2D eigenvalue weighted by Crippen LogP contribution is 2.25. The van der Waals surface area contributed by atoms with Gasteiger partial charge in [-0.2, -0.15) is 4.68 Å². The Labute approximate surface area is 184 Å². The monoisotopic (exact) mass is 469 g/mol. The molecule has 1 aromatic heterocycles. The minimum atomic E-state index is -4.76. The number of aryl methyl sites for hydroxylation is 1. The first kappa shape index (κ1) is 22.9. The Morgan fingerprint density at radius 3 is 2.48 bits per heavy atom. The summed E-state index contributed by atoms with van der Waals surface area (Å²) in [5, 5.41) is 14.4. The lowest BCUT2D eigenvalue weighted by Gasteiger charge is -2.09. The summed E-state index contributed by atoms with van der Waals surface area (Å²) in [5.74, 6) is 0.327. The molecule has 164 valence electrons. The predicted octanol–water partition coefficient (Wildman–Crippen LogP) is 3.87. The molecule has 0 radical (unpaired) electrons. The fourth-order valence-electron chi connectivity index (χ4n) is 2.39. The number of carbonyl (C=O) groups excluding carboxylic acids is 1. The number of thioether (sulfide) groups is 2. The summed E-state index contributed by atoms with van der Waals surface area (Å²) in [6, 6.07) is 13.3. The molecule has 0 saturated carbocycles. The summed E-state index contributed by atoms with van der Waals surface area (Å²) in [7, 11) is 0. The first-order valence-electron chi connectivity index (χ1n) is 9.04. The van der Waals surface area contributed by atoms with E-state index in [1.807, 2.05) is 31.2 Å². The van der Waals surface area contributed by atoms with E-state index < -0.39 is 6.36 Å². The molecule has 2 aromatic carbocycles. The maximum atomic E-state index is 12.3. The number of tetrazole rings is 1. The molecule has 1 N–H and O–H groups in total. The van der Waals surface area contributed by atoms with Gasteiger partial charge >= 0.3 is 6.36 Å². The largest absolute Gasteiger partial charge is 0.573 e. The van der Waals surface area contributed by atoms with Gasteiger partial charge < -0.3 is 10.1 Å². The van der Waals surface area contributed by atoms with Gasteiger partial charge in [-0.25, -0.2) is 0 Å². The van der Waals surface area contributed by atoms with Crippen LogP contribution in [0.25, 0.3) is 5.69 Å². The van der Waals surface area contributed by atoms with E-state index in [-0.39, 0.29) is 17.4 Å². The van der Waals surface area contributed by atoms with Crippen LogP contribution in [0.2, 0.25) is 0 Å².